The van der Waals surface area contributed by atoms with E-state index < -0.39 is 0 Å². The van der Waals surface area contributed by atoms with Crippen molar-refractivity contribution in [1.29, 1.82) is 0 Å². The standard InChI is InChI=1S/C15H23FN2O/c1-12-4-5-14(16)13(11-12)15(3-2-10-19)18-8-6-17-7-9-18/h4-5,11,15,17,19H,2-3,6-10H2,1H3/t15-/m0/s1. The predicted molar refractivity (Wildman–Crippen MR) is 74.6 cm³/mol. The van der Waals surface area contributed by atoms with Crippen molar-refractivity contribution in [2.75, 3.05) is 32.8 Å². The maximum Gasteiger partial charge on any atom is 0.128 e. The average molecular weight is 266 g/mol. The lowest BCUT2D eigenvalue weighted by molar-refractivity contribution is 0.151. The van der Waals surface area contributed by atoms with E-state index in [4.69, 9.17) is 5.11 Å². The SMILES string of the molecule is Cc1ccc(F)c([C@H](CCCO)N2CCNCC2)c1. The normalized spacial score (nSPS) is 18.5. The van der Waals surface area contributed by atoms with Gasteiger partial charge in [0.1, 0.15) is 5.82 Å². The summed E-state index contributed by atoms with van der Waals surface area (Å²) in [4.78, 5) is 2.32. The molecule has 1 heterocycles. The highest BCUT2D eigenvalue weighted by Gasteiger charge is 2.24. The highest BCUT2D eigenvalue weighted by Crippen LogP contribution is 2.28. The number of hydrogen-bond donors (Lipinski definition) is 2. The van der Waals surface area contributed by atoms with Gasteiger partial charge in [-0.1, -0.05) is 17.7 Å². The van der Waals surface area contributed by atoms with Gasteiger partial charge in [-0.15, -0.1) is 0 Å². The molecule has 0 spiro atoms. The van der Waals surface area contributed by atoms with Crippen LogP contribution in [-0.2, 0) is 0 Å². The van der Waals surface area contributed by atoms with Crippen LogP contribution in [0, 0.1) is 12.7 Å². The van der Waals surface area contributed by atoms with Gasteiger partial charge in [0.2, 0.25) is 0 Å². The van der Waals surface area contributed by atoms with Crippen LogP contribution in [0.15, 0.2) is 18.2 Å². The molecular weight excluding hydrogens is 243 g/mol. The van der Waals surface area contributed by atoms with Crippen molar-refractivity contribution in [2.45, 2.75) is 25.8 Å². The van der Waals surface area contributed by atoms with Gasteiger partial charge in [-0.3, -0.25) is 4.90 Å². The van der Waals surface area contributed by atoms with Crippen molar-refractivity contribution in [3.05, 3.63) is 35.1 Å². The smallest absolute Gasteiger partial charge is 0.128 e. The third kappa shape index (κ3) is 3.75. The molecule has 1 aliphatic heterocycles. The Hall–Kier alpha value is -0.970. The zero-order valence-corrected chi connectivity index (χ0v) is 11.5. The van der Waals surface area contributed by atoms with Crippen molar-refractivity contribution < 1.29 is 9.50 Å². The summed E-state index contributed by atoms with van der Waals surface area (Å²) < 4.78 is 14.1. The van der Waals surface area contributed by atoms with Crippen LogP contribution < -0.4 is 5.32 Å². The number of nitrogens with one attached hydrogen (secondary N) is 1. The number of aryl methyl sites for hydroxylation is 1. The Morgan fingerprint density at radius 1 is 1.37 bits per heavy atom. The van der Waals surface area contributed by atoms with Gasteiger partial charge in [-0.2, -0.15) is 0 Å². The lowest BCUT2D eigenvalue weighted by Gasteiger charge is -2.35. The minimum atomic E-state index is -0.132. The number of halogens is 1. The third-order valence-corrected chi connectivity index (χ3v) is 3.74. The quantitative estimate of drug-likeness (QED) is 0.854. The van der Waals surface area contributed by atoms with Gasteiger partial charge < -0.3 is 10.4 Å². The minimum absolute atomic E-state index is 0.0779. The number of nitrogens with zero attached hydrogens (tertiary/aromatic N) is 1. The van der Waals surface area contributed by atoms with Gasteiger partial charge in [-0.25, -0.2) is 4.39 Å². The highest BCUT2D eigenvalue weighted by molar-refractivity contribution is 5.27. The van der Waals surface area contributed by atoms with Crippen molar-refractivity contribution >= 4 is 0 Å². The molecule has 0 aromatic heterocycles. The molecule has 2 rings (SSSR count). The lowest BCUT2D eigenvalue weighted by Crippen LogP contribution is -2.45. The fourth-order valence-electron chi connectivity index (χ4n) is 2.73. The topological polar surface area (TPSA) is 35.5 Å². The number of rotatable bonds is 5. The Bertz CT molecular complexity index is 405. The lowest BCUT2D eigenvalue weighted by atomic mass is 9.97. The van der Waals surface area contributed by atoms with E-state index in [0.717, 1.165) is 43.7 Å². The summed E-state index contributed by atoms with van der Waals surface area (Å²) in [5, 5.41) is 12.4. The van der Waals surface area contributed by atoms with Gasteiger partial charge in [-0.05, 0) is 25.8 Å². The van der Waals surface area contributed by atoms with Crippen LogP contribution in [0.1, 0.15) is 30.0 Å². The number of hydrogen-bond acceptors (Lipinski definition) is 3. The Morgan fingerprint density at radius 2 is 2.11 bits per heavy atom. The molecule has 106 valence electrons. The Morgan fingerprint density at radius 3 is 2.79 bits per heavy atom. The molecule has 19 heavy (non-hydrogen) atoms. The summed E-state index contributed by atoms with van der Waals surface area (Å²) >= 11 is 0. The van der Waals surface area contributed by atoms with E-state index in [2.05, 4.69) is 10.2 Å². The van der Waals surface area contributed by atoms with Crippen LogP contribution in [0.25, 0.3) is 0 Å². The van der Waals surface area contributed by atoms with E-state index in [9.17, 15) is 4.39 Å². The Kier molecular flexibility index (Phi) is 5.31. The summed E-state index contributed by atoms with van der Waals surface area (Å²) in [7, 11) is 0. The van der Waals surface area contributed by atoms with Crippen LogP contribution in [0.4, 0.5) is 4.39 Å². The van der Waals surface area contributed by atoms with Crippen LogP contribution >= 0.6 is 0 Å². The molecule has 1 saturated heterocycles. The molecule has 0 aliphatic carbocycles. The van der Waals surface area contributed by atoms with Crippen molar-refractivity contribution in [2.24, 2.45) is 0 Å². The summed E-state index contributed by atoms with van der Waals surface area (Å²) in [5.74, 6) is -0.132. The Balaban J connectivity index is 2.22. The fraction of sp³-hybridized carbons (Fsp3) is 0.600. The highest BCUT2D eigenvalue weighted by atomic mass is 19.1. The first-order valence-electron chi connectivity index (χ1n) is 7.04. The zero-order valence-electron chi connectivity index (χ0n) is 11.5. The molecule has 1 atom stereocenters. The second kappa shape index (κ2) is 6.98. The van der Waals surface area contributed by atoms with Crippen molar-refractivity contribution in [1.82, 2.24) is 10.2 Å². The van der Waals surface area contributed by atoms with Crippen LogP contribution in [-0.4, -0.2) is 42.8 Å². The van der Waals surface area contributed by atoms with Gasteiger partial charge in [0.25, 0.3) is 0 Å². The maximum atomic E-state index is 14.1. The molecule has 0 saturated carbocycles. The number of aliphatic hydroxyl groups excluding tert-OH is 1. The maximum absolute atomic E-state index is 14.1. The van der Waals surface area contributed by atoms with E-state index in [-0.39, 0.29) is 18.5 Å². The number of piperazine rings is 1. The zero-order chi connectivity index (χ0) is 13.7. The summed E-state index contributed by atoms with van der Waals surface area (Å²) in [6.07, 6.45) is 1.51. The molecule has 4 heteroatoms. The number of benzene rings is 1. The first-order valence-corrected chi connectivity index (χ1v) is 7.04. The molecule has 1 aliphatic rings. The third-order valence-electron chi connectivity index (χ3n) is 3.74. The molecule has 2 N–H and O–H groups in total. The van der Waals surface area contributed by atoms with E-state index in [0.29, 0.717) is 6.42 Å². The summed E-state index contributed by atoms with van der Waals surface area (Å²) in [6, 6.07) is 5.38. The van der Waals surface area contributed by atoms with Crippen LogP contribution in [0.5, 0.6) is 0 Å². The van der Waals surface area contributed by atoms with E-state index in [1.54, 1.807) is 12.1 Å². The van der Waals surface area contributed by atoms with Crippen molar-refractivity contribution in [3.8, 4) is 0 Å². The van der Waals surface area contributed by atoms with E-state index in [1.807, 2.05) is 13.0 Å². The second-order valence-corrected chi connectivity index (χ2v) is 5.19. The van der Waals surface area contributed by atoms with Crippen molar-refractivity contribution in [3.63, 3.8) is 0 Å². The molecule has 0 bridgehead atoms. The van der Waals surface area contributed by atoms with E-state index in [1.165, 1.54) is 0 Å². The predicted octanol–water partition coefficient (Wildman–Crippen LogP) is 1.85. The molecule has 1 aromatic carbocycles. The average Bonchev–Trinajstić information content (AvgIpc) is 2.44. The molecule has 1 aromatic rings. The molecule has 1 fully saturated rings. The van der Waals surface area contributed by atoms with Gasteiger partial charge in [0, 0.05) is 44.4 Å². The molecule has 0 amide bonds. The first kappa shape index (κ1) is 14.4. The van der Waals surface area contributed by atoms with Crippen LogP contribution in [0.2, 0.25) is 0 Å². The van der Waals surface area contributed by atoms with E-state index >= 15 is 0 Å². The number of aliphatic hydroxyl groups is 1. The monoisotopic (exact) mass is 266 g/mol. The molecule has 0 radical (unpaired) electrons. The first-order chi connectivity index (χ1) is 9.22. The molecule has 3 nitrogen and oxygen atoms in total. The second-order valence-electron chi connectivity index (χ2n) is 5.19. The van der Waals surface area contributed by atoms with Gasteiger partial charge in [0.05, 0.1) is 0 Å². The van der Waals surface area contributed by atoms with Crippen LogP contribution in [0.3, 0.4) is 0 Å². The minimum Gasteiger partial charge on any atom is -0.396 e. The van der Waals surface area contributed by atoms with Gasteiger partial charge >= 0.3 is 0 Å². The molecular formula is C15H23FN2O. The summed E-state index contributed by atoms with van der Waals surface area (Å²) in [5.41, 5.74) is 1.86. The molecule has 0 unspecified atom stereocenters. The Labute approximate surface area is 114 Å². The summed E-state index contributed by atoms with van der Waals surface area (Å²) in [6.45, 7) is 5.92. The fourth-order valence-corrected chi connectivity index (χ4v) is 2.73. The largest absolute Gasteiger partial charge is 0.396 e. The van der Waals surface area contributed by atoms with Gasteiger partial charge in [0.15, 0.2) is 0 Å².